The molecule has 2 aromatic heterocycles. The Bertz CT molecular complexity index is 514. The van der Waals surface area contributed by atoms with Crippen molar-refractivity contribution in [3.8, 4) is 0 Å². The van der Waals surface area contributed by atoms with Crippen LogP contribution in [0, 0.1) is 0 Å². The molecule has 0 unspecified atom stereocenters. The molecular formula is C10H8N2O. The van der Waals surface area contributed by atoms with Crippen molar-refractivity contribution in [2.45, 2.75) is 0 Å². The Hall–Kier alpha value is -1.90. The van der Waals surface area contributed by atoms with Gasteiger partial charge >= 0.3 is 0 Å². The number of hydrogen-bond donors (Lipinski definition) is 1. The molecule has 1 N–H and O–H groups in total. The van der Waals surface area contributed by atoms with Gasteiger partial charge in [0.05, 0.1) is 5.39 Å². The molecule has 0 saturated carbocycles. The summed E-state index contributed by atoms with van der Waals surface area (Å²) in [5.41, 5.74) is 0.761. The first kappa shape index (κ1) is 7.73. The van der Waals surface area contributed by atoms with Gasteiger partial charge in [0.1, 0.15) is 0 Å². The minimum atomic E-state index is -0.117. The standard InChI is InChI=1S/C10H8N2O/c1-2-7-5-11-6-9-8(7)3-4-12-10(9)13/h2-6H,1H2,(H,12,13). The first-order valence-electron chi connectivity index (χ1n) is 3.91. The molecule has 0 radical (unpaired) electrons. The Morgan fingerprint density at radius 3 is 3.00 bits per heavy atom. The average Bonchev–Trinajstić information content (AvgIpc) is 2.18. The van der Waals surface area contributed by atoms with E-state index in [0.29, 0.717) is 5.39 Å². The van der Waals surface area contributed by atoms with Crippen LogP contribution < -0.4 is 5.56 Å². The molecule has 0 saturated heterocycles. The van der Waals surface area contributed by atoms with Crippen LogP contribution in [0.15, 0.2) is 36.0 Å². The lowest BCUT2D eigenvalue weighted by molar-refractivity contribution is 1.25. The lowest BCUT2D eigenvalue weighted by Gasteiger charge is -1.98. The van der Waals surface area contributed by atoms with Gasteiger partial charge in [0.25, 0.3) is 5.56 Å². The molecule has 2 aromatic rings. The summed E-state index contributed by atoms with van der Waals surface area (Å²) in [4.78, 5) is 17.9. The van der Waals surface area contributed by atoms with Gasteiger partial charge in [-0.25, -0.2) is 0 Å². The van der Waals surface area contributed by atoms with Crippen LogP contribution in [0.25, 0.3) is 16.8 Å². The summed E-state index contributed by atoms with van der Waals surface area (Å²) in [6, 6.07) is 1.84. The maximum atomic E-state index is 11.3. The number of H-pyrrole nitrogens is 1. The van der Waals surface area contributed by atoms with E-state index in [1.165, 1.54) is 0 Å². The Kier molecular flexibility index (Phi) is 1.70. The molecule has 0 bridgehead atoms. The lowest BCUT2D eigenvalue weighted by Crippen LogP contribution is -2.05. The molecule has 3 heteroatoms. The monoisotopic (exact) mass is 172 g/mol. The molecular weight excluding hydrogens is 164 g/mol. The Labute approximate surface area is 74.8 Å². The zero-order chi connectivity index (χ0) is 9.26. The molecule has 2 rings (SSSR count). The summed E-state index contributed by atoms with van der Waals surface area (Å²) >= 11 is 0. The molecule has 0 spiro atoms. The molecule has 3 nitrogen and oxygen atoms in total. The quantitative estimate of drug-likeness (QED) is 0.709. The number of hydrogen-bond acceptors (Lipinski definition) is 2. The van der Waals surface area contributed by atoms with Crippen LogP contribution in [0.5, 0.6) is 0 Å². The number of nitrogens with zero attached hydrogens (tertiary/aromatic N) is 1. The first-order chi connectivity index (χ1) is 6.33. The van der Waals surface area contributed by atoms with Crippen molar-refractivity contribution in [3.63, 3.8) is 0 Å². The smallest absolute Gasteiger partial charge is 0.257 e. The predicted octanol–water partition coefficient (Wildman–Crippen LogP) is 1.57. The normalized spacial score (nSPS) is 10.2. The number of rotatable bonds is 1. The second kappa shape index (κ2) is 2.86. The highest BCUT2D eigenvalue weighted by molar-refractivity contribution is 5.88. The average molecular weight is 172 g/mol. The van der Waals surface area contributed by atoms with Crippen LogP contribution in [-0.4, -0.2) is 9.97 Å². The minimum absolute atomic E-state index is 0.117. The van der Waals surface area contributed by atoms with Crippen LogP contribution in [0.3, 0.4) is 0 Å². The third-order valence-corrected chi connectivity index (χ3v) is 1.95. The van der Waals surface area contributed by atoms with Gasteiger partial charge in [-0.15, -0.1) is 0 Å². The number of nitrogens with one attached hydrogen (secondary N) is 1. The fourth-order valence-corrected chi connectivity index (χ4v) is 1.29. The van der Waals surface area contributed by atoms with E-state index < -0.39 is 0 Å². The van der Waals surface area contributed by atoms with Crippen LogP contribution in [0.4, 0.5) is 0 Å². The molecule has 0 atom stereocenters. The molecule has 0 amide bonds. The van der Waals surface area contributed by atoms with Gasteiger partial charge in [-0.2, -0.15) is 0 Å². The number of aromatic amines is 1. The predicted molar refractivity (Wildman–Crippen MR) is 52.5 cm³/mol. The number of fused-ring (bicyclic) bond motifs is 1. The fraction of sp³-hybridized carbons (Fsp3) is 0. The molecule has 0 aliphatic rings. The van der Waals surface area contributed by atoms with Gasteiger partial charge in [-0.1, -0.05) is 12.7 Å². The molecule has 0 aliphatic carbocycles. The van der Waals surface area contributed by atoms with Gasteiger partial charge in [-0.05, 0) is 11.5 Å². The Morgan fingerprint density at radius 2 is 2.23 bits per heavy atom. The molecule has 0 aromatic carbocycles. The van der Waals surface area contributed by atoms with Gasteiger partial charge in [-0.3, -0.25) is 9.78 Å². The summed E-state index contributed by atoms with van der Waals surface area (Å²) in [6.45, 7) is 3.66. The van der Waals surface area contributed by atoms with Crippen molar-refractivity contribution in [2.24, 2.45) is 0 Å². The summed E-state index contributed by atoms with van der Waals surface area (Å²) in [7, 11) is 0. The van der Waals surface area contributed by atoms with E-state index in [2.05, 4.69) is 16.5 Å². The zero-order valence-electron chi connectivity index (χ0n) is 6.95. The second-order valence-corrected chi connectivity index (χ2v) is 2.70. The number of pyridine rings is 2. The van der Waals surface area contributed by atoms with Crippen LogP contribution >= 0.6 is 0 Å². The van der Waals surface area contributed by atoms with Gasteiger partial charge in [0.2, 0.25) is 0 Å². The van der Waals surface area contributed by atoms with Crippen molar-refractivity contribution in [1.82, 2.24) is 9.97 Å². The molecule has 13 heavy (non-hydrogen) atoms. The first-order valence-corrected chi connectivity index (χ1v) is 3.91. The molecule has 0 fully saturated rings. The van der Waals surface area contributed by atoms with Crippen molar-refractivity contribution in [2.75, 3.05) is 0 Å². The van der Waals surface area contributed by atoms with E-state index in [1.54, 1.807) is 24.7 Å². The highest BCUT2D eigenvalue weighted by Gasteiger charge is 2.00. The Morgan fingerprint density at radius 1 is 1.38 bits per heavy atom. The van der Waals surface area contributed by atoms with Crippen molar-refractivity contribution in [3.05, 3.63) is 47.2 Å². The Balaban J connectivity index is 3.00. The highest BCUT2D eigenvalue weighted by Crippen LogP contribution is 2.13. The van der Waals surface area contributed by atoms with E-state index in [1.807, 2.05) is 6.07 Å². The number of aromatic nitrogens is 2. The SMILES string of the molecule is C=Cc1cncc2c(=O)[nH]ccc12. The highest BCUT2D eigenvalue weighted by atomic mass is 16.1. The summed E-state index contributed by atoms with van der Waals surface area (Å²) < 4.78 is 0. The van der Waals surface area contributed by atoms with E-state index in [9.17, 15) is 4.79 Å². The zero-order valence-corrected chi connectivity index (χ0v) is 6.95. The van der Waals surface area contributed by atoms with Crippen LogP contribution in [0.1, 0.15) is 5.56 Å². The molecule has 2 heterocycles. The van der Waals surface area contributed by atoms with Crippen molar-refractivity contribution in [1.29, 1.82) is 0 Å². The molecule has 0 aliphatic heterocycles. The maximum Gasteiger partial charge on any atom is 0.257 e. The summed E-state index contributed by atoms with van der Waals surface area (Å²) in [5.74, 6) is 0. The van der Waals surface area contributed by atoms with Gasteiger partial charge < -0.3 is 4.98 Å². The van der Waals surface area contributed by atoms with Crippen molar-refractivity contribution >= 4 is 16.8 Å². The summed E-state index contributed by atoms with van der Waals surface area (Å²) in [5, 5.41) is 1.48. The minimum Gasteiger partial charge on any atom is -0.329 e. The topological polar surface area (TPSA) is 45.8 Å². The van der Waals surface area contributed by atoms with Crippen LogP contribution in [0.2, 0.25) is 0 Å². The third kappa shape index (κ3) is 1.14. The van der Waals surface area contributed by atoms with Crippen molar-refractivity contribution < 1.29 is 0 Å². The van der Waals surface area contributed by atoms with Crippen LogP contribution in [-0.2, 0) is 0 Å². The fourth-order valence-electron chi connectivity index (χ4n) is 1.29. The van der Waals surface area contributed by atoms with E-state index >= 15 is 0 Å². The largest absolute Gasteiger partial charge is 0.329 e. The van der Waals surface area contributed by atoms with E-state index in [0.717, 1.165) is 10.9 Å². The lowest BCUT2D eigenvalue weighted by atomic mass is 10.1. The third-order valence-electron chi connectivity index (χ3n) is 1.95. The van der Waals surface area contributed by atoms with E-state index in [4.69, 9.17) is 0 Å². The second-order valence-electron chi connectivity index (χ2n) is 2.70. The van der Waals surface area contributed by atoms with Gasteiger partial charge in [0, 0.05) is 24.2 Å². The van der Waals surface area contributed by atoms with E-state index in [-0.39, 0.29) is 5.56 Å². The molecule has 64 valence electrons. The summed E-state index contributed by atoms with van der Waals surface area (Å²) in [6.07, 6.45) is 6.56. The van der Waals surface area contributed by atoms with Gasteiger partial charge in [0.15, 0.2) is 0 Å². The maximum absolute atomic E-state index is 11.3.